The van der Waals surface area contributed by atoms with Gasteiger partial charge >= 0.3 is 5.97 Å². The van der Waals surface area contributed by atoms with E-state index in [4.69, 9.17) is 9.97 Å². The highest BCUT2D eigenvalue weighted by Crippen LogP contribution is 2.32. The molecule has 3 aromatic heterocycles. The number of nitrogens with zero attached hydrogens (tertiary/aromatic N) is 4. The predicted molar refractivity (Wildman–Crippen MR) is 158 cm³/mol. The third kappa shape index (κ3) is 4.42. The summed E-state index contributed by atoms with van der Waals surface area (Å²) in [6, 6.07) is 19.7. The highest BCUT2D eigenvalue weighted by atomic mass is 32.1. The topological polar surface area (TPSA) is 72.4 Å². The Morgan fingerprint density at radius 3 is 2.46 bits per heavy atom. The fraction of sp³-hybridized carbons (Fsp3) is 0.219. The third-order valence-corrected chi connectivity index (χ3v) is 8.52. The Morgan fingerprint density at radius 1 is 0.974 bits per heavy atom. The van der Waals surface area contributed by atoms with Gasteiger partial charge in [-0.15, -0.1) is 11.3 Å². The van der Waals surface area contributed by atoms with Crippen LogP contribution in [0.5, 0.6) is 0 Å². The highest BCUT2D eigenvalue weighted by molar-refractivity contribution is 7.17. The van der Waals surface area contributed by atoms with Crippen molar-refractivity contribution >= 4 is 33.3 Å². The van der Waals surface area contributed by atoms with Crippen molar-refractivity contribution in [2.75, 3.05) is 0 Å². The molecule has 0 aliphatic heterocycles. The monoisotopic (exact) mass is 534 g/mol. The molecule has 3 aromatic carbocycles. The number of carbonyl (C=O) groups is 1. The van der Waals surface area contributed by atoms with Gasteiger partial charge in [0, 0.05) is 35.3 Å². The van der Waals surface area contributed by atoms with Gasteiger partial charge in [-0.2, -0.15) is 0 Å². The maximum Gasteiger partial charge on any atom is 0.336 e. The number of thiazole rings is 1. The molecule has 0 amide bonds. The van der Waals surface area contributed by atoms with E-state index in [9.17, 15) is 9.90 Å². The van der Waals surface area contributed by atoms with Gasteiger partial charge in [0.1, 0.15) is 5.82 Å². The summed E-state index contributed by atoms with van der Waals surface area (Å²) in [5.41, 5.74) is 9.65. The molecular weight excluding hydrogens is 504 g/mol. The van der Waals surface area contributed by atoms with E-state index in [0.29, 0.717) is 12.1 Å². The third-order valence-electron chi connectivity index (χ3n) is 7.44. The van der Waals surface area contributed by atoms with Crippen LogP contribution in [0.2, 0.25) is 0 Å². The first-order valence-corrected chi connectivity index (χ1v) is 14.0. The maximum absolute atomic E-state index is 11.7. The van der Waals surface area contributed by atoms with Crippen LogP contribution >= 0.6 is 11.3 Å². The summed E-state index contributed by atoms with van der Waals surface area (Å²) in [5, 5.41) is 9.60. The smallest absolute Gasteiger partial charge is 0.336 e. The summed E-state index contributed by atoms with van der Waals surface area (Å²) in [5.74, 6) is 0.156. The Hall–Kier alpha value is -4.23. The van der Waals surface area contributed by atoms with Crippen molar-refractivity contribution in [2.45, 2.75) is 47.1 Å². The second-order valence-corrected chi connectivity index (χ2v) is 11.3. The number of aromatic carboxylic acids is 1. The predicted octanol–water partition coefficient (Wildman–Crippen LogP) is 7.70. The number of aryl methyl sites for hydroxylation is 4. The van der Waals surface area contributed by atoms with Crippen LogP contribution in [0, 0.1) is 20.8 Å². The molecule has 6 aromatic rings. The number of hydrogen-bond acceptors (Lipinski definition) is 4. The van der Waals surface area contributed by atoms with E-state index in [1.807, 2.05) is 24.3 Å². The molecule has 6 nitrogen and oxygen atoms in total. The number of carboxylic acid groups (broad SMARTS) is 1. The molecular formula is C32H30N4O2S. The molecule has 6 rings (SSSR count). The van der Waals surface area contributed by atoms with E-state index in [-0.39, 0.29) is 0 Å². The standard InChI is InChI=1S/C32H30N4O2S/c1-5-8-29-34-30-19(2)15-24(27-18-35-20(3)21(4)39-32(35)33-27)16-28(30)36(29)17-22-11-13-23(14-12-22)25-9-6-7-10-26(25)31(37)38/h6-7,9-16,18H,5,8,17H2,1-4H3,(H,37,38). The molecule has 0 saturated carbocycles. The van der Waals surface area contributed by atoms with Gasteiger partial charge in [-0.1, -0.05) is 49.4 Å². The molecule has 0 unspecified atom stereocenters. The molecule has 0 bridgehead atoms. The summed E-state index contributed by atoms with van der Waals surface area (Å²) in [6.07, 6.45) is 4.04. The van der Waals surface area contributed by atoms with Crippen molar-refractivity contribution in [3.8, 4) is 22.4 Å². The van der Waals surface area contributed by atoms with E-state index >= 15 is 0 Å². The maximum atomic E-state index is 11.7. The minimum absolute atomic E-state index is 0.309. The SMILES string of the molecule is CCCc1nc2c(C)cc(-c3cn4c(C)c(C)sc4n3)cc2n1Cc1ccc(-c2ccccc2C(=O)O)cc1. The second kappa shape index (κ2) is 9.82. The van der Waals surface area contributed by atoms with Crippen LogP contribution in [-0.4, -0.2) is 30.0 Å². The summed E-state index contributed by atoms with van der Waals surface area (Å²) in [4.78, 5) is 24.0. The Labute approximate surface area is 231 Å². The molecule has 0 aliphatic rings. The van der Waals surface area contributed by atoms with E-state index in [1.54, 1.807) is 23.5 Å². The van der Waals surface area contributed by atoms with Crippen LogP contribution in [0.1, 0.15) is 51.2 Å². The van der Waals surface area contributed by atoms with E-state index < -0.39 is 5.97 Å². The number of aromatic nitrogens is 4. The van der Waals surface area contributed by atoms with E-state index in [2.05, 4.69) is 67.1 Å². The van der Waals surface area contributed by atoms with Gasteiger partial charge in [0.2, 0.25) is 0 Å². The zero-order valence-electron chi connectivity index (χ0n) is 22.5. The fourth-order valence-corrected chi connectivity index (χ4v) is 6.22. The van der Waals surface area contributed by atoms with Crippen molar-refractivity contribution in [3.63, 3.8) is 0 Å². The molecule has 0 saturated heterocycles. The quantitative estimate of drug-likeness (QED) is 0.228. The number of fused-ring (bicyclic) bond motifs is 2. The minimum Gasteiger partial charge on any atom is -0.478 e. The van der Waals surface area contributed by atoms with Crippen molar-refractivity contribution in [1.82, 2.24) is 18.9 Å². The number of hydrogen-bond donors (Lipinski definition) is 1. The Balaban J connectivity index is 1.40. The van der Waals surface area contributed by atoms with Crippen LogP contribution in [0.25, 0.3) is 38.4 Å². The zero-order valence-corrected chi connectivity index (χ0v) is 23.3. The number of carboxylic acids is 1. The normalized spacial score (nSPS) is 11.6. The largest absolute Gasteiger partial charge is 0.478 e. The lowest BCUT2D eigenvalue weighted by Crippen LogP contribution is -2.05. The van der Waals surface area contributed by atoms with Gasteiger partial charge in [-0.05, 0) is 67.6 Å². The number of benzene rings is 3. The minimum atomic E-state index is -0.919. The number of imidazole rings is 2. The average Bonchev–Trinajstić information content (AvgIpc) is 3.58. The summed E-state index contributed by atoms with van der Waals surface area (Å²) in [7, 11) is 0. The van der Waals surface area contributed by atoms with Gasteiger partial charge in [0.05, 0.1) is 22.3 Å². The van der Waals surface area contributed by atoms with Crippen LogP contribution in [0.15, 0.2) is 66.9 Å². The lowest BCUT2D eigenvalue weighted by molar-refractivity contribution is 0.0697. The van der Waals surface area contributed by atoms with Gasteiger partial charge in [-0.25, -0.2) is 14.8 Å². The highest BCUT2D eigenvalue weighted by Gasteiger charge is 2.17. The molecule has 0 atom stereocenters. The summed E-state index contributed by atoms with van der Waals surface area (Å²) in [6.45, 7) is 9.26. The first-order chi connectivity index (χ1) is 18.8. The second-order valence-electron chi connectivity index (χ2n) is 10.1. The van der Waals surface area contributed by atoms with Gasteiger partial charge < -0.3 is 9.67 Å². The average molecular weight is 535 g/mol. The van der Waals surface area contributed by atoms with Crippen LogP contribution in [0.3, 0.4) is 0 Å². The molecule has 0 aliphatic carbocycles. The molecule has 7 heteroatoms. The van der Waals surface area contributed by atoms with Crippen molar-refractivity contribution in [2.24, 2.45) is 0 Å². The molecule has 0 spiro atoms. The Morgan fingerprint density at radius 2 is 1.74 bits per heavy atom. The van der Waals surface area contributed by atoms with Crippen molar-refractivity contribution < 1.29 is 9.90 Å². The summed E-state index contributed by atoms with van der Waals surface area (Å²) < 4.78 is 4.50. The van der Waals surface area contributed by atoms with Crippen LogP contribution in [0.4, 0.5) is 0 Å². The Kier molecular flexibility index (Phi) is 6.31. The van der Waals surface area contributed by atoms with Crippen molar-refractivity contribution in [1.29, 1.82) is 0 Å². The van der Waals surface area contributed by atoms with Crippen LogP contribution < -0.4 is 0 Å². The molecule has 0 radical (unpaired) electrons. The first kappa shape index (κ1) is 25.1. The molecule has 39 heavy (non-hydrogen) atoms. The Bertz CT molecular complexity index is 1860. The zero-order chi connectivity index (χ0) is 27.3. The first-order valence-electron chi connectivity index (χ1n) is 13.2. The molecule has 196 valence electrons. The van der Waals surface area contributed by atoms with E-state index in [0.717, 1.165) is 68.2 Å². The lowest BCUT2D eigenvalue weighted by Gasteiger charge is -2.12. The van der Waals surface area contributed by atoms with Crippen molar-refractivity contribution in [3.05, 3.63) is 99.9 Å². The molecule has 1 N–H and O–H groups in total. The fourth-order valence-electron chi connectivity index (χ4n) is 5.27. The molecule has 0 fully saturated rings. The van der Waals surface area contributed by atoms with E-state index in [1.165, 1.54) is 10.6 Å². The summed E-state index contributed by atoms with van der Waals surface area (Å²) >= 11 is 1.72. The van der Waals surface area contributed by atoms with Gasteiger partial charge in [0.25, 0.3) is 0 Å². The van der Waals surface area contributed by atoms with Gasteiger partial charge in [-0.3, -0.25) is 4.40 Å². The number of rotatable bonds is 7. The van der Waals surface area contributed by atoms with Crippen LogP contribution in [-0.2, 0) is 13.0 Å². The van der Waals surface area contributed by atoms with Gasteiger partial charge in [0.15, 0.2) is 4.96 Å². The molecule has 3 heterocycles. The lowest BCUT2D eigenvalue weighted by atomic mass is 9.98.